The van der Waals surface area contributed by atoms with Crippen molar-refractivity contribution in [2.45, 2.75) is 27.0 Å². The van der Waals surface area contributed by atoms with Crippen molar-refractivity contribution < 1.29 is 9.47 Å². The molecule has 0 spiro atoms. The quantitative estimate of drug-likeness (QED) is 0.666. The molecule has 1 N–H and O–H groups in total. The van der Waals surface area contributed by atoms with E-state index in [0.29, 0.717) is 19.8 Å². The van der Waals surface area contributed by atoms with E-state index >= 15 is 0 Å². The number of aromatic nitrogens is 1. The van der Waals surface area contributed by atoms with E-state index in [0.717, 1.165) is 25.4 Å². The van der Waals surface area contributed by atoms with Gasteiger partial charge in [-0.15, -0.1) is 0 Å². The molecule has 4 heteroatoms. The van der Waals surface area contributed by atoms with Crippen LogP contribution in [0.4, 0.5) is 0 Å². The molecule has 0 aliphatic heterocycles. The average molecular weight is 238 g/mol. The molecule has 17 heavy (non-hydrogen) atoms. The van der Waals surface area contributed by atoms with Gasteiger partial charge in [-0.25, -0.2) is 0 Å². The maximum absolute atomic E-state index is 5.44. The Balaban J connectivity index is 2.20. The summed E-state index contributed by atoms with van der Waals surface area (Å²) in [6.07, 6.45) is 1.89. The van der Waals surface area contributed by atoms with Gasteiger partial charge in [0.25, 0.3) is 0 Å². The number of hydrogen-bond acceptors (Lipinski definition) is 4. The number of pyridine rings is 1. The molecule has 4 nitrogen and oxygen atoms in total. The highest BCUT2D eigenvalue weighted by molar-refractivity contribution is 5.13. The predicted molar refractivity (Wildman–Crippen MR) is 67.8 cm³/mol. The van der Waals surface area contributed by atoms with Gasteiger partial charge in [-0.1, -0.05) is 13.0 Å². The molecule has 0 bridgehead atoms. The molecule has 0 saturated heterocycles. The van der Waals surface area contributed by atoms with Crippen LogP contribution in [0.3, 0.4) is 0 Å². The summed E-state index contributed by atoms with van der Waals surface area (Å²) in [7, 11) is 0. The fourth-order valence-corrected chi connectivity index (χ4v) is 1.35. The normalized spacial score (nSPS) is 10.7. The number of hydrogen-bond donors (Lipinski definition) is 1. The van der Waals surface area contributed by atoms with Crippen molar-refractivity contribution in [1.82, 2.24) is 10.3 Å². The zero-order chi connectivity index (χ0) is 12.3. The van der Waals surface area contributed by atoms with Crippen LogP contribution in [0.5, 0.6) is 0 Å². The highest BCUT2D eigenvalue weighted by atomic mass is 16.5. The van der Waals surface area contributed by atoms with E-state index in [-0.39, 0.29) is 0 Å². The third-order valence-electron chi connectivity index (χ3n) is 2.29. The number of ether oxygens (including phenoxy) is 2. The van der Waals surface area contributed by atoms with Gasteiger partial charge in [0.1, 0.15) is 0 Å². The minimum absolute atomic E-state index is 0.550. The summed E-state index contributed by atoms with van der Waals surface area (Å²) < 4.78 is 10.6. The maximum atomic E-state index is 5.44. The summed E-state index contributed by atoms with van der Waals surface area (Å²) in [6.45, 7) is 8.47. The van der Waals surface area contributed by atoms with Gasteiger partial charge in [0.15, 0.2) is 0 Å². The van der Waals surface area contributed by atoms with Gasteiger partial charge in [0, 0.05) is 19.3 Å². The van der Waals surface area contributed by atoms with E-state index in [4.69, 9.17) is 9.47 Å². The van der Waals surface area contributed by atoms with Crippen LogP contribution in [-0.4, -0.2) is 31.3 Å². The molecule has 0 fully saturated rings. The Morgan fingerprint density at radius 2 is 2.00 bits per heavy atom. The van der Waals surface area contributed by atoms with Crippen LogP contribution < -0.4 is 5.32 Å². The van der Waals surface area contributed by atoms with Gasteiger partial charge >= 0.3 is 0 Å². The molecule has 1 aromatic rings. The molecule has 0 radical (unpaired) electrons. The van der Waals surface area contributed by atoms with Crippen LogP contribution >= 0.6 is 0 Å². The molecular weight excluding hydrogens is 216 g/mol. The van der Waals surface area contributed by atoms with Crippen LogP contribution in [-0.2, 0) is 22.6 Å². The molecule has 0 amide bonds. The summed E-state index contributed by atoms with van der Waals surface area (Å²) in [4.78, 5) is 4.34. The molecule has 96 valence electrons. The predicted octanol–water partition coefficient (Wildman–Crippen LogP) is 1.74. The molecular formula is C13H22N2O2. The van der Waals surface area contributed by atoms with Gasteiger partial charge in [-0.2, -0.15) is 0 Å². The van der Waals surface area contributed by atoms with Gasteiger partial charge in [-0.3, -0.25) is 4.98 Å². The summed E-state index contributed by atoms with van der Waals surface area (Å²) in [5.74, 6) is 0. The van der Waals surface area contributed by atoms with E-state index in [1.165, 1.54) is 5.56 Å². The Morgan fingerprint density at radius 1 is 1.18 bits per heavy atom. The van der Waals surface area contributed by atoms with Crippen molar-refractivity contribution >= 4 is 0 Å². The first-order chi connectivity index (χ1) is 8.36. The van der Waals surface area contributed by atoms with E-state index in [1.54, 1.807) is 0 Å². The van der Waals surface area contributed by atoms with Crippen molar-refractivity contribution in [1.29, 1.82) is 0 Å². The minimum atomic E-state index is 0.550. The average Bonchev–Trinajstić information content (AvgIpc) is 2.37. The lowest BCUT2D eigenvalue weighted by Gasteiger charge is -2.05. The Morgan fingerprint density at radius 3 is 2.65 bits per heavy atom. The van der Waals surface area contributed by atoms with Gasteiger partial charge in [0.2, 0.25) is 0 Å². The largest absolute Gasteiger partial charge is 0.379 e. The standard InChI is InChI=1S/C13H22N2O2/c1-3-14-9-12-5-6-13(15-10-12)11-17-8-7-16-4-2/h5-6,10,14H,3-4,7-9,11H2,1-2H3. The summed E-state index contributed by atoms with van der Waals surface area (Å²) in [6, 6.07) is 4.09. The van der Waals surface area contributed by atoms with Crippen LogP contribution in [0.15, 0.2) is 18.3 Å². The number of nitrogens with zero attached hydrogens (tertiary/aromatic N) is 1. The topological polar surface area (TPSA) is 43.4 Å². The van der Waals surface area contributed by atoms with Crippen molar-refractivity contribution in [3.8, 4) is 0 Å². The van der Waals surface area contributed by atoms with E-state index < -0.39 is 0 Å². The molecule has 0 aliphatic carbocycles. The zero-order valence-corrected chi connectivity index (χ0v) is 10.7. The van der Waals surface area contributed by atoms with Gasteiger partial charge in [-0.05, 0) is 25.1 Å². The third kappa shape index (κ3) is 6.36. The zero-order valence-electron chi connectivity index (χ0n) is 10.7. The molecule has 1 heterocycles. The summed E-state index contributed by atoms with van der Waals surface area (Å²) >= 11 is 0. The first-order valence-electron chi connectivity index (χ1n) is 6.16. The van der Waals surface area contributed by atoms with Crippen molar-refractivity contribution in [2.24, 2.45) is 0 Å². The van der Waals surface area contributed by atoms with Gasteiger partial charge in [0.05, 0.1) is 25.5 Å². The van der Waals surface area contributed by atoms with Crippen molar-refractivity contribution in [2.75, 3.05) is 26.4 Å². The van der Waals surface area contributed by atoms with Crippen LogP contribution in [0, 0.1) is 0 Å². The lowest BCUT2D eigenvalue weighted by Crippen LogP contribution is -2.12. The fraction of sp³-hybridized carbons (Fsp3) is 0.615. The van der Waals surface area contributed by atoms with Crippen LogP contribution in [0.25, 0.3) is 0 Å². The SMILES string of the molecule is CCNCc1ccc(COCCOCC)nc1. The highest BCUT2D eigenvalue weighted by Crippen LogP contribution is 2.01. The maximum Gasteiger partial charge on any atom is 0.0889 e. The van der Waals surface area contributed by atoms with Gasteiger partial charge < -0.3 is 14.8 Å². The minimum Gasteiger partial charge on any atom is -0.379 e. The van der Waals surface area contributed by atoms with Crippen molar-refractivity contribution in [3.05, 3.63) is 29.6 Å². The number of rotatable bonds is 9. The van der Waals surface area contributed by atoms with E-state index in [1.807, 2.05) is 19.2 Å². The lowest BCUT2D eigenvalue weighted by atomic mass is 10.2. The second-order valence-electron chi connectivity index (χ2n) is 3.69. The molecule has 0 unspecified atom stereocenters. The van der Waals surface area contributed by atoms with Crippen LogP contribution in [0.1, 0.15) is 25.1 Å². The monoisotopic (exact) mass is 238 g/mol. The Bertz CT molecular complexity index is 288. The second kappa shape index (κ2) is 9.10. The third-order valence-corrected chi connectivity index (χ3v) is 2.29. The number of nitrogens with one attached hydrogen (secondary N) is 1. The van der Waals surface area contributed by atoms with E-state index in [9.17, 15) is 0 Å². The molecule has 1 aromatic heterocycles. The summed E-state index contributed by atoms with van der Waals surface area (Å²) in [5.41, 5.74) is 2.16. The Labute approximate surface area is 103 Å². The smallest absolute Gasteiger partial charge is 0.0889 e. The molecule has 0 atom stereocenters. The highest BCUT2D eigenvalue weighted by Gasteiger charge is 1.96. The van der Waals surface area contributed by atoms with E-state index in [2.05, 4.69) is 23.3 Å². The Hall–Kier alpha value is -0.970. The Kier molecular flexibility index (Phi) is 7.54. The molecule has 0 aliphatic rings. The second-order valence-corrected chi connectivity index (χ2v) is 3.69. The van der Waals surface area contributed by atoms with Crippen LogP contribution in [0.2, 0.25) is 0 Å². The lowest BCUT2D eigenvalue weighted by molar-refractivity contribution is 0.0441. The fourth-order valence-electron chi connectivity index (χ4n) is 1.35. The first-order valence-corrected chi connectivity index (χ1v) is 6.16. The van der Waals surface area contributed by atoms with Crippen molar-refractivity contribution in [3.63, 3.8) is 0 Å². The summed E-state index contributed by atoms with van der Waals surface area (Å²) in [5, 5.41) is 3.26. The molecule has 1 rings (SSSR count). The molecule has 0 aromatic carbocycles. The molecule has 0 saturated carbocycles. The first kappa shape index (κ1) is 14.1.